The van der Waals surface area contributed by atoms with Gasteiger partial charge in [-0.05, 0) is 19.3 Å². The zero-order chi connectivity index (χ0) is 11.8. The Kier molecular flexibility index (Phi) is 6.18. The molecule has 17 heavy (non-hydrogen) atoms. The standard InChI is InChI=1S/C11H20O6/c1-4-12-10(13-5-1)16-8-3-9-17-11-14-6-2-7-15-11/h10-11H,1-9H2. The summed E-state index contributed by atoms with van der Waals surface area (Å²) in [6, 6.07) is 0. The first-order chi connectivity index (χ1) is 8.45. The maximum absolute atomic E-state index is 5.37. The minimum absolute atomic E-state index is 0.508. The van der Waals surface area contributed by atoms with E-state index in [9.17, 15) is 0 Å². The molecule has 6 nitrogen and oxygen atoms in total. The van der Waals surface area contributed by atoms with Crippen LogP contribution in [0.5, 0.6) is 0 Å². The van der Waals surface area contributed by atoms with Crippen LogP contribution in [-0.2, 0) is 28.4 Å². The summed E-state index contributed by atoms with van der Waals surface area (Å²) in [5, 5.41) is 0. The van der Waals surface area contributed by atoms with Crippen molar-refractivity contribution >= 4 is 0 Å². The van der Waals surface area contributed by atoms with Crippen molar-refractivity contribution in [3.8, 4) is 0 Å². The van der Waals surface area contributed by atoms with Gasteiger partial charge in [-0.15, -0.1) is 0 Å². The molecule has 0 bridgehead atoms. The molecule has 0 N–H and O–H groups in total. The van der Waals surface area contributed by atoms with Crippen molar-refractivity contribution in [1.29, 1.82) is 0 Å². The molecule has 0 amide bonds. The Hall–Kier alpha value is -0.240. The minimum Gasteiger partial charge on any atom is -0.330 e. The summed E-state index contributed by atoms with van der Waals surface area (Å²) in [6.07, 6.45) is 2.62. The Balaban J connectivity index is 1.42. The molecule has 100 valence electrons. The highest BCUT2D eigenvalue weighted by Gasteiger charge is 2.15. The summed E-state index contributed by atoms with van der Waals surface area (Å²) in [5.41, 5.74) is 0. The molecule has 0 unspecified atom stereocenters. The first-order valence-corrected chi connectivity index (χ1v) is 6.15. The lowest BCUT2D eigenvalue weighted by Crippen LogP contribution is -2.29. The lowest BCUT2D eigenvalue weighted by Gasteiger charge is -2.24. The predicted molar refractivity (Wildman–Crippen MR) is 57.1 cm³/mol. The third-order valence-corrected chi connectivity index (χ3v) is 2.39. The van der Waals surface area contributed by atoms with Crippen molar-refractivity contribution in [1.82, 2.24) is 0 Å². The Morgan fingerprint density at radius 2 is 1.12 bits per heavy atom. The molecule has 0 spiro atoms. The van der Waals surface area contributed by atoms with Crippen LogP contribution in [0.4, 0.5) is 0 Å². The molecule has 0 radical (unpaired) electrons. The van der Waals surface area contributed by atoms with E-state index >= 15 is 0 Å². The fourth-order valence-corrected chi connectivity index (χ4v) is 1.54. The van der Waals surface area contributed by atoms with Crippen molar-refractivity contribution in [3.63, 3.8) is 0 Å². The molecule has 0 aromatic carbocycles. The predicted octanol–water partition coefficient (Wildman–Crippen LogP) is 0.851. The first kappa shape index (κ1) is 13.2. The third kappa shape index (κ3) is 5.29. The maximum atomic E-state index is 5.37. The van der Waals surface area contributed by atoms with Crippen molar-refractivity contribution in [2.24, 2.45) is 0 Å². The molecule has 2 aliphatic rings. The summed E-state index contributed by atoms with van der Waals surface area (Å²) in [5.74, 6) is 0. The van der Waals surface area contributed by atoms with Crippen LogP contribution in [0.1, 0.15) is 19.3 Å². The van der Waals surface area contributed by atoms with Crippen LogP contribution in [0.3, 0.4) is 0 Å². The number of ether oxygens (including phenoxy) is 6. The number of hydrogen-bond donors (Lipinski definition) is 0. The molecule has 0 aromatic rings. The average molecular weight is 248 g/mol. The van der Waals surface area contributed by atoms with E-state index in [0.717, 1.165) is 19.3 Å². The van der Waals surface area contributed by atoms with Gasteiger partial charge in [0, 0.05) is 0 Å². The molecule has 2 saturated heterocycles. The van der Waals surface area contributed by atoms with Crippen LogP contribution in [-0.4, -0.2) is 52.6 Å². The first-order valence-electron chi connectivity index (χ1n) is 6.15. The molecular weight excluding hydrogens is 228 g/mol. The van der Waals surface area contributed by atoms with E-state index in [-0.39, 0.29) is 0 Å². The largest absolute Gasteiger partial charge is 0.330 e. The van der Waals surface area contributed by atoms with Crippen LogP contribution in [0.15, 0.2) is 0 Å². The van der Waals surface area contributed by atoms with Gasteiger partial charge in [-0.1, -0.05) is 0 Å². The Bertz CT molecular complexity index is 168. The summed E-state index contributed by atoms with van der Waals surface area (Å²) in [6.45, 7) is 2.86. The van der Waals surface area contributed by atoms with E-state index in [2.05, 4.69) is 0 Å². The fraction of sp³-hybridized carbons (Fsp3) is 1.00. The van der Waals surface area contributed by atoms with E-state index in [4.69, 9.17) is 28.4 Å². The van der Waals surface area contributed by atoms with E-state index in [0.29, 0.717) is 39.6 Å². The SMILES string of the molecule is C1COC(OCCCOC2OCCCO2)OC1. The minimum atomic E-state index is -0.508. The van der Waals surface area contributed by atoms with Crippen molar-refractivity contribution < 1.29 is 28.4 Å². The molecule has 0 aromatic heterocycles. The van der Waals surface area contributed by atoms with Crippen LogP contribution in [0, 0.1) is 0 Å². The average Bonchev–Trinajstić information content (AvgIpc) is 2.41. The fourth-order valence-electron chi connectivity index (χ4n) is 1.54. The van der Waals surface area contributed by atoms with Gasteiger partial charge in [0.1, 0.15) is 0 Å². The molecule has 0 aliphatic carbocycles. The van der Waals surface area contributed by atoms with Gasteiger partial charge in [0.15, 0.2) is 0 Å². The van der Waals surface area contributed by atoms with Crippen LogP contribution >= 0.6 is 0 Å². The summed E-state index contributed by atoms with van der Waals surface area (Å²) < 4.78 is 31.7. The second-order valence-electron chi connectivity index (χ2n) is 3.86. The quantitative estimate of drug-likeness (QED) is 0.650. The van der Waals surface area contributed by atoms with Gasteiger partial charge >= 0.3 is 0 Å². The molecule has 2 heterocycles. The van der Waals surface area contributed by atoms with Crippen LogP contribution < -0.4 is 0 Å². The van der Waals surface area contributed by atoms with Crippen molar-refractivity contribution in [3.05, 3.63) is 0 Å². The second-order valence-corrected chi connectivity index (χ2v) is 3.86. The van der Waals surface area contributed by atoms with Gasteiger partial charge in [-0.3, -0.25) is 0 Å². The van der Waals surface area contributed by atoms with Gasteiger partial charge < -0.3 is 28.4 Å². The highest BCUT2D eigenvalue weighted by molar-refractivity contribution is 4.44. The highest BCUT2D eigenvalue weighted by Crippen LogP contribution is 2.08. The highest BCUT2D eigenvalue weighted by atomic mass is 16.9. The zero-order valence-electron chi connectivity index (χ0n) is 9.97. The normalized spacial score (nSPS) is 24.0. The number of hydrogen-bond acceptors (Lipinski definition) is 6. The smallest absolute Gasteiger partial charge is 0.271 e. The summed E-state index contributed by atoms with van der Waals surface area (Å²) >= 11 is 0. The maximum Gasteiger partial charge on any atom is 0.271 e. The van der Waals surface area contributed by atoms with Gasteiger partial charge in [0.2, 0.25) is 0 Å². The molecule has 0 atom stereocenters. The van der Waals surface area contributed by atoms with Crippen molar-refractivity contribution in [2.75, 3.05) is 39.6 Å². The third-order valence-electron chi connectivity index (χ3n) is 2.39. The van der Waals surface area contributed by atoms with Gasteiger partial charge in [0.05, 0.1) is 39.6 Å². The van der Waals surface area contributed by atoms with Crippen LogP contribution in [0.2, 0.25) is 0 Å². The lowest BCUT2D eigenvalue weighted by molar-refractivity contribution is -0.319. The summed E-state index contributed by atoms with van der Waals surface area (Å²) in [7, 11) is 0. The second kappa shape index (κ2) is 7.97. The summed E-state index contributed by atoms with van der Waals surface area (Å²) in [4.78, 5) is 0. The van der Waals surface area contributed by atoms with E-state index < -0.39 is 13.0 Å². The number of rotatable bonds is 6. The monoisotopic (exact) mass is 248 g/mol. The van der Waals surface area contributed by atoms with E-state index in [1.807, 2.05) is 0 Å². The molecular formula is C11H20O6. The topological polar surface area (TPSA) is 55.4 Å². The molecule has 2 aliphatic heterocycles. The Labute approximate surface area is 101 Å². The van der Waals surface area contributed by atoms with E-state index in [1.54, 1.807) is 0 Å². The Morgan fingerprint density at radius 1 is 0.706 bits per heavy atom. The lowest BCUT2D eigenvalue weighted by atomic mass is 10.5. The van der Waals surface area contributed by atoms with Gasteiger partial charge in [-0.2, -0.15) is 0 Å². The Morgan fingerprint density at radius 3 is 1.53 bits per heavy atom. The molecule has 2 rings (SSSR count). The van der Waals surface area contributed by atoms with Crippen molar-refractivity contribution in [2.45, 2.75) is 32.2 Å². The molecule has 2 fully saturated rings. The van der Waals surface area contributed by atoms with Gasteiger partial charge in [0.25, 0.3) is 13.0 Å². The molecule has 6 heteroatoms. The van der Waals surface area contributed by atoms with Crippen LogP contribution in [0.25, 0.3) is 0 Å². The zero-order valence-corrected chi connectivity index (χ0v) is 9.97. The van der Waals surface area contributed by atoms with E-state index in [1.165, 1.54) is 0 Å². The van der Waals surface area contributed by atoms with Gasteiger partial charge in [-0.25, -0.2) is 0 Å². The molecule has 0 saturated carbocycles.